The van der Waals surface area contributed by atoms with Crippen LogP contribution in [0.15, 0.2) is 12.7 Å². The van der Waals surface area contributed by atoms with Gasteiger partial charge in [0.05, 0.1) is 0 Å². The van der Waals surface area contributed by atoms with Gasteiger partial charge in [-0.15, -0.1) is 10.2 Å². The average molecular weight is 412 g/mol. The van der Waals surface area contributed by atoms with Crippen LogP contribution in [0.1, 0.15) is 0 Å². The summed E-state index contributed by atoms with van der Waals surface area (Å²) in [5.41, 5.74) is 0.762. The molecule has 0 aliphatic carbocycles. The van der Waals surface area contributed by atoms with Gasteiger partial charge in [-0.05, 0) is 0 Å². The lowest BCUT2D eigenvalue weighted by Gasteiger charge is -2.38. The summed E-state index contributed by atoms with van der Waals surface area (Å²) in [6.07, 6.45) is -4.88. The van der Waals surface area contributed by atoms with Crippen molar-refractivity contribution in [2.24, 2.45) is 0 Å². The third-order valence-corrected chi connectivity index (χ3v) is 2.81. The lowest BCUT2D eigenvalue weighted by Crippen LogP contribution is -2.70. The highest BCUT2D eigenvalue weighted by atomic mass is 19.4. The topological polar surface area (TPSA) is 59.8 Å². The second kappa shape index (κ2) is 6.19. The number of halogens is 12. The molecule has 17 heteroatoms. The molecule has 0 bridgehead atoms. The highest BCUT2D eigenvalue weighted by molar-refractivity contribution is 5.91. The van der Waals surface area contributed by atoms with Gasteiger partial charge in [-0.3, -0.25) is 10.2 Å². The van der Waals surface area contributed by atoms with Gasteiger partial charge in [0.1, 0.15) is 12.7 Å². The second-order valence-corrected chi connectivity index (χ2v) is 4.53. The third-order valence-electron chi connectivity index (χ3n) is 2.81. The zero-order valence-electron chi connectivity index (χ0n) is 11.5. The van der Waals surface area contributed by atoms with Crippen LogP contribution >= 0.6 is 0 Å². The van der Waals surface area contributed by atoms with E-state index in [0.717, 1.165) is 5.43 Å². The number of carbonyl (C=O) groups excluding carboxylic acids is 1. The molecule has 26 heavy (non-hydrogen) atoms. The van der Waals surface area contributed by atoms with Crippen LogP contribution in [0.3, 0.4) is 0 Å². The molecule has 0 radical (unpaired) electrons. The molecule has 1 aromatic rings. The summed E-state index contributed by atoms with van der Waals surface area (Å²) < 4.78 is 154. The number of hydrogen-bond acceptors (Lipinski definition) is 3. The van der Waals surface area contributed by atoms with Gasteiger partial charge in [0, 0.05) is 0 Å². The van der Waals surface area contributed by atoms with Crippen molar-refractivity contribution < 1.29 is 57.5 Å². The van der Waals surface area contributed by atoms with Gasteiger partial charge < -0.3 is 0 Å². The Morgan fingerprint density at radius 2 is 1.23 bits per heavy atom. The summed E-state index contributed by atoms with van der Waals surface area (Å²) in [5, 5.41) is 5.75. The van der Waals surface area contributed by atoms with E-state index in [2.05, 4.69) is 10.2 Å². The SMILES string of the molecule is O=C(Nn1cnnc1)C(F)(F)C(F)(F)C(F)(F)C(F)(F)C(F)(F)C(F)F. The van der Waals surface area contributed by atoms with E-state index in [4.69, 9.17) is 0 Å². The quantitative estimate of drug-likeness (QED) is 0.701. The van der Waals surface area contributed by atoms with Crippen molar-refractivity contribution in [1.82, 2.24) is 14.9 Å². The number of nitrogens with zero attached hydrogens (tertiary/aromatic N) is 3. The molecule has 5 nitrogen and oxygen atoms in total. The maximum absolute atomic E-state index is 13.3. The Balaban J connectivity index is 3.33. The van der Waals surface area contributed by atoms with Crippen molar-refractivity contribution in [3.05, 3.63) is 12.7 Å². The Morgan fingerprint density at radius 1 is 0.808 bits per heavy atom. The summed E-state index contributed by atoms with van der Waals surface area (Å²) >= 11 is 0. The summed E-state index contributed by atoms with van der Waals surface area (Å²) in [6.45, 7) is 0. The minimum Gasteiger partial charge on any atom is -0.266 e. The minimum absolute atomic E-state index is 0.00360. The predicted molar refractivity (Wildman–Crippen MR) is 55.1 cm³/mol. The molecule has 0 spiro atoms. The maximum atomic E-state index is 13.3. The Bertz CT molecular complexity index is 643. The molecular formula is C9H4F12N4O. The Morgan fingerprint density at radius 3 is 1.62 bits per heavy atom. The first-order chi connectivity index (χ1) is 11.4. The maximum Gasteiger partial charge on any atom is 0.394 e. The molecule has 1 heterocycles. The van der Waals surface area contributed by atoms with Crippen molar-refractivity contribution in [3.8, 4) is 0 Å². The van der Waals surface area contributed by atoms with Gasteiger partial charge in [-0.25, -0.2) is 13.5 Å². The molecule has 0 saturated carbocycles. The molecule has 150 valence electrons. The van der Waals surface area contributed by atoms with Gasteiger partial charge in [-0.2, -0.15) is 43.9 Å². The molecular weight excluding hydrogens is 408 g/mol. The van der Waals surface area contributed by atoms with Crippen LogP contribution in [0.25, 0.3) is 0 Å². The lowest BCUT2D eigenvalue weighted by atomic mass is 9.94. The minimum atomic E-state index is -7.77. The number of hydrogen-bond donors (Lipinski definition) is 1. The number of rotatable bonds is 7. The Labute approximate surface area is 133 Å². The van der Waals surface area contributed by atoms with E-state index >= 15 is 0 Å². The van der Waals surface area contributed by atoms with E-state index in [9.17, 15) is 57.5 Å². The highest BCUT2D eigenvalue weighted by Crippen LogP contribution is 2.58. The average Bonchev–Trinajstić information content (AvgIpc) is 2.98. The first kappa shape index (κ1) is 21.8. The van der Waals surface area contributed by atoms with E-state index in [0.29, 0.717) is 12.7 Å². The van der Waals surface area contributed by atoms with Crippen LogP contribution in [0, 0.1) is 0 Å². The van der Waals surface area contributed by atoms with Crippen molar-refractivity contribution in [2.45, 2.75) is 36.0 Å². The van der Waals surface area contributed by atoms with E-state index in [1.165, 1.54) is 0 Å². The van der Waals surface area contributed by atoms with Crippen LogP contribution in [0.2, 0.25) is 0 Å². The van der Waals surface area contributed by atoms with E-state index in [1.807, 2.05) is 0 Å². The van der Waals surface area contributed by atoms with Gasteiger partial charge in [0.15, 0.2) is 0 Å². The summed E-state index contributed by atoms with van der Waals surface area (Å²) in [5.74, 6) is -40.2. The van der Waals surface area contributed by atoms with Crippen molar-refractivity contribution >= 4 is 5.91 Å². The van der Waals surface area contributed by atoms with Gasteiger partial charge in [-0.1, -0.05) is 0 Å². The van der Waals surface area contributed by atoms with Gasteiger partial charge >= 0.3 is 41.9 Å². The van der Waals surface area contributed by atoms with Gasteiger partial charge in [0.25, 0.3) is 0 Å². The molecule has 1 aromatic heterocycles. The number of nitrogens with one attached hydrogen (secondary N) is 1. The standard InChI is InChI=1S/C9H4F12N4O/c10-3(11)5(12,13)7(16,17)9(20,21)8(18,19)6(14,15)4(26)24-25-1-22-23-2-25/h1-3H,(H,24,26). The molecule has 0 aliphatic rings. The summed E-state index contributed by atoms with van der Waals surface area (Å²) in [7, 11) is 0. The Hall–Kier alpha value is -2.23. The van der Waals surface area contributed by atoms with Crippen LogP contribution in [0.5, 0.6) is 0 Å². The fourth-order valence-corrected chi connectivity index (χ4v) is 1.33. The first-order valence-corrected chi connectivity index (χ1v) is 5.78. The molecule has 1 N–H and O–H groups in total. The first-order valence-electron chi connectivity index (χ1n) is 5.78. The van der Waals surface area contributed by atoms with Gasteiger partial charge in [0.2, 0.25) is 0 Å². The van der Waals surface area contributed by atoms with Crippen LogP contribution in [0.4, 0.5) is 52.7 Å². The van der Waals surface area contributed by atoms with E-state index < -0.39 is 41.9 Å². The monoisotopic (exact) mass is 412 g/mol. The van der Waals surface area contributed by atoms with Crippen molar-refractivity contribution in [2.75, 3.05) is 5.43 Å². The van der Waals surface area contributed by atoms with E-state index in [-0.39, 0.29) is 4.68 Å². The molecule has 0 fully saturated rings. The highest BCUT2D eigenvalue weighted by Gasteiger charge is 2.89. The van der Waals surface area contributed by atoms with E-state index in [1.54, 1.807) is 0 Å². The van der Waals surface area contributed by atoms with Crippen molar-refractivity contribution in [3.63, 3.8) is 0 Å². The van der Waals surface area contributed by atoms with Crippen LogP contribution < -0.4 is 5.43 Å². The second-order valence-electron chi connectivity index (χ2n) is 4.53. The summed E-state index contributed by atoms with van der Waals surface area (Å²) in [4.78, 5) is 11.0. The molecule has 0 atom stereocenters. The zero-order chi connectivity index (χ0) is 20.8. The Kier molecular flexibility index (Phi) is 5.19. The number of alkyl halides is 12. The normalized spacial score (nSPS) is 14.7. The fraction of sp³-hybridized carbons (Fsp3) is 0.667. The number of amides is 1. The molecule has 0 saturated heterocycles. The lowest BCUT2D eigenvalue weighted by molar-refractivity contribution is -0.406. The van der Waals surface area contributed by atoms with Crippen LogP contribution in [-0.4, -0.2) is 56.8 Å². The molecule has 1 rings (SSSR count). The smallest absolute Gasteiger partial charge is 0.266 e. The molecule has 1 amide bonds. The molecule has 0 unspecified atom stereocenters. The fourth-order valence-electron chi connectivity index (χ4n) is 1.33. The zero-order valence-corrected chi connectivity index (χ0v) is 11.5. The van der Waals surface area contributed by atoms with Crippen LogP contribution in [-0.2, 0) is 4.79 Å². The van der Waals surface area contributed by atoms with Crippen molar-refractivity contribution in [1.29, 1.82) is 0 Å². The molecule has 0 aromatic carbocycles. The third kappa shape index (κ3) is 2.91. The number of carbonyl (C=O) groups is 1. The summed E-state index contributed by atoms with van der Waals surface area (Å²) in [6, 6.07) is 0. The predicted octanol–water partition coefficient (Wildman–Crippen LogP) is 2.79. The molecule has 0 aliphatic heterocycles. The number of aromatic nitrogens is 3. The largest absolute Gasteiger partial charge is 0.394 e.